The van der Waals surface area contributed by atoms with Crippen LogP contribution in [0.15, 0.2) is 16.6 Å². The number of halogens is 4. The summed E-state index contributed by atoms with van der Waals surface area (Å²) in [7, 11) is 0. The van der Waals surface area contributed by atoms with Crippen LogP contribution in [0.1, 0.15) is 11.1 Å². The van der Waals surface area contributed by atoms with Gasteiger partial charge in [-0.05, 0) is 33.6 Å². The van der Waals surface area contributed by atoms with E-state index in [1.165, 1.54) is 6.07 Å². The Morgan fingerprint density at radius 3 is 2.56 bits per heavy atom. The van der Waals surface area contributed by atoms with Crippen LogP contribution >= 0.6 is 15.9 Å². The molecule has 0 heterocycles. The van der Waals surface area contributed by atoms with Gasteiger partial charge in [0.25, 0.3) is 0 Å². The van der Waals surface area contributed by atoms with E-state index in [4.69, 9.17) is 10.4 Å². The lowest BCUT2D eigenvalue weighted by molar-refractivity contribution is -0.274. The second-order valence-corrected chi connectivity index (χ2v) is 4.04. The van der Waals surface area contributed by atoms with E-state index in [1.54, 1.807) is 6.07 Å². The van der Waals surface area contributed by atoms with E-state index < -0.39 is 24.5 Å². The number of nitrogens with zero attached hydrogens (tertiary/aromatic N) is 1. The van der Waals surface area contributed by atoms with Crippen molar-refractivity contribution in [3.05, 3.63) is 27.7 Å². The van der Waals surface area contributed by atoms with Gasteiger partial charge < -0.3 is 9.84 Å². The average molecular weight is 324 g/mol. The lowest BCUT2D eigenvalue weighted by Crippen LogP contribution is -2.18. The molecule has 4 nitrogen and oxygen atoms in total. The van der Waals surface area contributed by atoms with Crippen molar-refractivity contribution in [1.29, 1.82) is 5.26 Å². The zero-order valence-corrected chi connectivity index (χ0v) is 10.2. The Kier molecular flexibility index (Phi) is 4.19. The molecule has 0 aliphatic carbocycles. The van der Waals surface area contributed by atoms with Crippen LogP contribution in [-0.4, -0.2) is 17.4 Å². The second kappa shape index (κ2) is 5.27. The zero-order valence-electron chi connectivity index (χ0n) is 8.58. The molecule has 1 rings (SSSR count). The van der Waals surface area contributed by atoms with Crippen LogP contribution in [0.2, 0.25) is 0 Å². The third-order valence-corrected chi connectivity index (χ3v) is 2.43. The molecule has 0 aromatic heterocycles. The summed E-state index contributed by atoms with van der Waals surface area (Å²) in [6, 6.07) is 3.69. The minimum Gasteiger partial charge on any atom is -0.481 e. The largest absolute Gasteiger partial charge is 0.573 e. The molecule has 0 saturated heterocycles. The molecule has 0 aliphatic heterocycles. The fourth-order valence-electron chi connectivity index (χ4n) is 1.23. The van der Waals surface area contributed by atoms with Crippen molar-refractivity contribution >= 4 is 21.9 Å². The van der Waals surface area contributed by atoms with Gasteiger partial charge in [0.1, 0.15) is 17.4 Å². The minimum absolute atomic E-state index is 0.0444. The maximum Gasteiger partial charge on any atom is 0.573 e. The molecular formula is C10H5BrF3NO3. The summed E-state index contributed by atoms with van der Waals surface area (Å²) >= 11 is 2.89. The highest BCUT2D eigenvalue weighted by Gasteiger charge is 2.32. The standard InChI is InChI=1S/C10H5BrF3NO3/c11-7-1-5(3-9(16)17)2-8(6(7)4-15)18-10(12,13)14/h1-2H,3H2,(H,16,17). The number of carboxylic acids is 1. The summed E-state index contributed by atoms with van der Waals surface area (Å²) in [6.45, 7) is 0. The molecule has 1 aromatic rings. The summed E-state index contributed by atoms with van der Waals surface area (Å²) in [4.78, 5) is 10.5. The number of alkyl halides is 3. The Bertz CT molecular complexity index is 522. The van der Waals surface area contributed by atoms with Crippen molar-refractivity contribution in [1.82, 2.24) is 0 Å². The monoisotopic (exact) mass is 323 g/mol. The van der Waals surface area contributed by atoms with Gasteiger partial charge in [0, 0.05) is 4.47 Å². The first-order valence-electron chi connectivity index (χ1n) is 4.43. The summed E-state index contributed by atoms with van der Waals surface area (Å²) in [5.74, 6) is -1.93. The summed E-state index contributed by atoms with van der Waals surface area (Å²) in [5, 5.41) is 17.3. The van der Waals surface area contributed by atoms with Gasteiger partial charge in [-0.15, -0.1) is 13.2 Å². The fourth-order valence-corrected chi connectivity index (χ4v) is 1.80. The van der Waals surface area contributed by atoms with Crippen LogP contribution in [0.25, 0.3) is 0 Å². The lowest BCUT2D eigenvalue weighted by Gasteiger charge is -2.12. The molecule has 0 spiro atoms. The van der Waals surface area contributed by atoms with E-state index in [-0.39, 0.29) is 15.6 Å². The maximum atomic E-state index is 12.1. The smallest absolute Gasteiger partial charge is 0.481 e. The molecule has 1 N–H and O–H groups in total. The Labute approximate surface area is 108 Å². The third-order valence-electron chi connectivity index (χ3n) is 1.81. The Balaban J connectivity index is 3.24. The first-order valence-corrected chi connectivity index (χ1v) is 5.22. The highest BCUT2D eigenvalue weighted by Crippen LogP contribution is 2.32. The van der Waals surface area contributed by atoms with E-state index >= 15 is 0 Å². The quantitative estimate of drug-likeness (QED) is 0.928. The van der Waals surface area contributed by atoms with Gasteiger partial charge in [-0.1, -0.05) is 0 Å². The minimum atomic E-state index is -4.95. The highest BCUT2D eigenvalue weighted by molar-refractivity contribution is 9.10. The average Bonchev–Trinajstić information content (AvgIpc) is 2.13. The second-order valence-electron chi connectivity index (χ2n) is 3.18. The first-order chi connectivity index (χ1) is 8.23. The topological polar surface area (TPSA) is 70.3 Å². The molecule has 8 heteroatoms. The summed E-state index contributed by atoms with van der Waals surface area (Å²) in [5.41, 5.74) is -0.255. The van der Waals surface area contributed by atoms with Gasteiger partial charge >= 0.3 is 12.3 Å². The number of carbonyl (C=O) groups is 1. The van der Waals surface area contributed by atoms with Gasteiger partial charge in [0.05, 0.1) is 6.42 Å². The number of hydrogen-bond donors (Lipinski definition) is 1. The molecule has 0 bridgehead atoms. The van der Waals surface area contributed by atoms with Crippen molar-refractivity contribution in [2.45, 2.75) is 12.8 Å². The van der Waals surface area contributed by atoms with Crippen molar-refractivity contribution in [3.63, 3.8) is 0 Å². The normalized spacial score (nSPS) is 10.8. The van der Waals surface area contributed by atoms with E-state index in [0.29, 0.717) is 0 Å². The molecule has 0 fully saturated rings. The molecule has 0 unspecified atom stereocenters. The van der Waals surface area contributed by atoms with Crippen LogP contribution < -0.4 is 4.74 Å². The number of benzene rings is 1. The van der Waals surface area contributed by atoms with Crippen molar-refractivity contribution in [3.8, 4) is 11.8 Å². The molecule has 0 aliphatic rings. The number of carboxylic acid groups (broad SMARTS) is 1. The predicted octanol–water partition coefficient (Wildman–Crippen LogP) is 2.85. The van der Waals surface area contributed by atoms with Crippen LogP contribution in [0, 0.1) is 11.3 Å². The fraction of sp³-hybridized carbons (Fsp3) is 0.200. The first kappa shape index (κ1) is 14.3. The zero-order chi connectivity index (χ0) is 13.9. The Hall–Kier alpha value is -1.75. The summed E-state index contributed by atoms with van der Waals surface area (Å²) < 4.78 is 40.1. The highest BCUT2D eigenvalue weighted by atomic mass is 79.9. The maximum absolute atomic E-state index is 12.1. The molecule has 0 radical (unpaired) electrons. The predicted molar refractivity (Wildman–Crippen MR) is 56.9 cm³/mol. The van der Waals surface area contributed by atoms with E-state index in [2.05, 4.69) is 20.7 Å². The molecular weight excluding hydrogens is 319 g/mol. The molecule has 96 valence electrons. The van der Waals surface area contributed by atoms with Gasteiger partial charge in [0.2, 0.25) is 0 Å². The number of rotatable bonds is 3. The van der Waals surface area contributed by atoms with Crippen molar-refractivity contribution in [2.24, 2.45) is 0 Å². The molecule has 1 aromatic carbocycles. The lowest BCUT2D eigenvalue weighted by atomic mass is 10.1. The van der Waals surface area contributed by atoms with Crippen LogP contribution in [0.3, 0.4) is 0 Å². The van der Waals surface area contributed by atoms with E-state index in [9.17, 15) is 18.0 Å². The van der Waals surface area contributed by atoms with E-state index in [1.807, 2.05) is 0 Å². The van der Waals surface area contributed by atoms with Crippen LogP contribution in [0.5, 0.6) is 5.75 Å². The Morgan fingerprint density at radius 1 is 1.50 bits per heavy atom. The van der Waals surface area contributed by atoms with Crippen LogP contribution in [-0.2, 0) is 11.2 Å². The molecule has 18 heavy (non-hydrogen) atoms. The van der Waals surface area contributed by atoms with Gasteiger partial charge in [-0.25, -0.2) is 0 Å². The summed E-state index contributed by atoms with van der Waals surface area (Å²) in [6.07, 6.45) is -5.43. The molecule has 0 saturated carbocycles. The number of hydrogen-bond acceptors (Lipinski definition) is 3. The molecule has 0 amide bonds. The number of ether oxygens (including phenoxy) is 1. The van der Waals surface area contributed by atoms with Crippen molar-refractivity contribution < 1.29 is 27.8 Å². The van der Waals surface area contributed by atoms with Gasteiger partial charge in [-0.3, -0.25) is 4.79 Å². The number of nitriles is 1. The Morgan fingerprint density at radius 2 is 2.11 bits per heavy atom. The van der Waals surface area contributed by atoms with Crippen LogP contribution in [0.4, 0.5) is 13.2 Å². The van der Waals surface area contributed by atoms with E-state index in [0.717, 1.165) is 6.07 Å². The van der Waals surface area contributed by atoms with Gasteiger partial charge in [0.15, 0.2) is 0 Å². The van der Waals surface area contributed by atoms with Gasteiger partial charge in [-0.2, -0.15) is 5.26 Å². The number of aliphatic carboxylic acids is 1. The van der Waals surface area contributed by atoms with Crippen molar-refractivity contribution in [2.75, 3.05) is 0 Å². The SMILES string of the molecule is N#Cc1c(Br)cc(CC(=O)O)cc1OC(F)(F)F. The third kappa shape index (κ3) is 3.92. The molecule has 0 atom stereocenters.